The zero-order valence-electron chi connectivity index (χ0n) is 14.4. The molecule has 2 aromatic heterocycles. The SMILES string of the molecule is O=C([O-])c1cc(C(=O)[O-])c2c(n1)C(=O)C(=O)c1cc(C(=O)[O-])[nH]c1-2.[Li+].[Li+].[Li+]. The van der Waals surface area contributed by atoms with Gasteiger partial charge in [0, 0.05) is 11.1 Å². The number of aromatic carboxylic acids is 3. The van der Waals surface area contributed by atoms with E-state index >= 15 is 0 Å². The number of hydrogen-bond acceptors (Lipinski definition) is 9. The number of carboxylic acids is 3. The number of carboxylic acid groups (broad SMARTS) is 3. The normalized spacial score (nSPS) is 11.1. The Balaban J connectivity index is 0.00000225. The van der Waals surface area contributed by atoms with E-state index < -0.39 is 63.2 Å². The average Bonchev–Trinajstić information content (AvgIpc) is 2.96. The molecule has 10 nitrogen and oxygen atoms in total. The molecule has 27 heavy (non-hydrogen) atoms. The number of ketones is 2. The number of rotatable bonds is 3. The second-order valence-electron chi connectivity index (χ2n) is 4.77. The predicted octanol–water partition coefficient (Wildman–Crippen LogP) is -12.4. The van der Waals surface area contributed by atoms with E-state index in [9.17, 15) is 39.3 Å². The van der Waals surface area contributed by atoms with Gasteiger partial charge in [-0.2, -0.15) is 0 Å². The van der Waals surface area contributed by atoms with Crippen molar-refractivity contribution < 1.29 is 95.9 Å². The van der Waals surface area contributed by atoms with Crippen LogP contribution in [0.4, 0.5) is 0 Å². The van der Waals surface area contributed by atoms with Crippen molar-refractivity contribution in [3.8, 4) is 11.3 Å². The van der Waals surface area contributed by atoms with Crippen LogP contribution in [0.3, 0.4) is 0 Å². The van der Waals surface area contributed by atoms with Crippen molar-refractivity contribution in [3.63, 3.8) is 0 Å². The van der Waals surface area contributed by atoms with Crippen molar-refractivity contribution in [1.82, 2.24) is 9.97 Å². The molecule has 0 fully saturated rings. The first kappa shape index (κ1) is 25.0. The number of nitrogens with one attached hydrogen (secondary N) is 1. The van der Waals surface area contributed by atoms with Crippen LogP contribution in [0.2, 0.25) is 0 Å². The molecular formula is C14H3Li3N2O8. The van der Waals surface area contributed by atoms with Crippen LogP contribution in [-0.2, 0) is 0 Å². The summed E-state index contributed by atoms with van der Waals surface area (Å²) in [6.45, 7) is 0. The van der Waals surface area contributed by atoms with Crippen LogP contribution in [0.5, 0.6) is 0 Å². The van der Waals surface area contributed by atoms with Crippen molar-refractivity contribution in [2.75, 3.05) is 0 Å². The monoisotopic (exact) mass is 348 g/mol. The second-order valence-corrected chi connectivity index (χ2v) is 4.77. The Morgan fingerprint density at radius 1 is 0.852 bits per heavy atom. The summed E-state index contributed by atoms with van der Waals surface area (Å²) in [5.74, 6) is -7.87. The smallest absolute Gasteiger partial charge is 0.545 e. The third kappa shape index (κ3) is 3.97. The standard InChI is InChI=1S/C14H6N2O8.3Li/c17-10-4-2-6(14(23)24)15-8(4)7-3(12(19)20)1-5(13(21)22)16-9(7)11(10)18;;;/h1-2,15H,(H,19,20)(H,21,22)(H,23,24);;;/q;3*+1/p-3. The van der Waals surface area contributed by atoms with E-state index in [-0.39, 0.29) is 62.3 Å². The number of aromatic nitrogens is 2. The van der Waals surface area contributed by atoms with Gasteiger partial charge in [-0.3, -0.25) is 9.59 Å². The molecule has 0 aromatic carbocycles. The summed E-state index contributed by atoms with van der Waals surface area (Å²) in [7, 11) is 0. The van der Waals surface area contributed by atoms with Gasteiger partial charge in [0.05, 0.1) is 40.6 Å². The van der Waals surface area contributed by atoms with Gasteiger partial charge < -0.3 is 34.7 Å². The molecular weight excluding hydrogens is 345 g/mol. The summed E-state index contributed by atoms with van der Waals surface area (Å²) in [6, 6.07) is 1.41. The average molecular weight is 348 g/mol. The number of pyridine rings is 1. The van der Waals surface area contributed by atoms with Gasteiger partial charge >= 0.3 is 56.6 Å². The number of carbonyl (C=O) groups excluding carboxylic acids is 5. The fourth-order valence-electron chi connectivity index (χ4n) is 2.40. The first-order valence-corrected chi connectivity index (χ1v) is 6.23. The number of aromatic amines is 1. The number of carbonyl (C=O) groups is 5. The van der Waals surface area contributed by atoms with Crippen LogP contribution < -0.4 is 71.9 Å². The molecule has 0 bridgehead atoms. The van der Waals surface area contributed by atoms with Gasteiger partial charge in [-0.15, -0.1) is 0 Å². The van der Waals surface area contributed by atoms with Crippen LogP contribution in [0.25, 0.3) is 11.3 Å². The molecule has 0 saturated heterocycles. The first-order valence-electron chi connectivity index (χ1n) is 6.23. The first-order chi connectivity index (χ1) is 11.2. The van der Waals surface area contributed by atoms with Gasteiger partial charge in [-0.1, -0.05) is 0 Å². The van der Waals surface area contributed by atoms with Gasteiger partial charge in [0.15, 0.2) is 0 Å². The molecule has 1 aliphatic rings. The molecule has 0 spiro atoms. The van der Waals surface area contributed by atoms with Crippen molar-refractivity contribution in [3.05, 3.63) is 40.3 Å². The molecule has 0 amide bonds. The van der Waals surface area contributed by atoms with Crippen molar-refractivity contribution in [2.45, 2.75) is 0 Å². The Bertz CT molecular complexity index is 998. The van der Waals surface area contributed by atoms with Gasteiger partial charge in [0.1, 0.15) is 5.69 Å². The molecule has 13 heteroatoms. The number of H-pyrrole nitrogens is 1. The van der Waals surface area contributed by atoms with Crippen LogP contribution in [-0.4, -0.2) is 39.4 Å². The molecule has 0 atom stereocenters. The maximum absolute atomic E-state index is 12.1. The van der Waals surface area contributed by atoms with E-state index in [2.05, 4.69) is 9.97 Å². The largest absolute Gasteiger partial charge is 1.00 e. The molecule has 1 N–H and O–H groups in total. The summed E-state index contributed by atoms with van der Waals surface area (Å²) in [5, 5.41) is 33.1. The third-order valence-electron chi connectivity index (χ3n) is 3.40. The second kappa shape index (κ2) is 8.77. The topological polar surface area (TPSA) is 183 Å². The quantitative estimate of drug-likeness (QED) is 0.415. The van der Waals surface area contributed by atoms with E-state index in [1.165, 1.54) is 0 Å². The molecule has 3 rings (SSSR count). The minimum absolute atomic E-state index is 0. The fourth-order valence-corrected chi connectivity index (χ4v) is 2.40. The van der Waals surface area contributed by atoms with E-state index in [4.69, 9.17) is 0 Å². The van der Waals surface area contributed by atoms with Gasteiger partial charge in [-0.05, 0) is 12.1 Å². The molecule has 2 aromatic rings. The number of hydrogen-bond donors (Lipinski definition) is 1. The molecule has 2 heterocycles. The minimum Gasteiger partial charge on any atom is -0.545 e. The summed E-state index contributed by atoms with van der Waals surface area (Å²) >= 11 is 0. The van der Waals surface area contributed by atoms with E-state index in [1.807, 2.05) is 0 Å². The Labute approximate surface area is 186 Å². The van der Waals surface area contributed by atoms with Gasteiger partial charge in [-0.25, -0.2) is 4.98 Å². The van der Waals surface area contributed by atoms with Crippen molar-refractivity contribution in [1.29, 1.82) is 0 Å². The van der Waals surface area contributed by atoms with E-state index in [1.54, 1.807) is 0 Å². The minimum atomic E-state index is -1.87. The zero-order chi connectivity index (χ0) is 17.8. The third-order valence-corrected chi connectivity index (χ3v) is 3.40. The fraction of sp³-hybridized carbons (Fsp3) is 0. The van der Waals surface area contributed by atoms with E-state index in [0.29, 0.717) is 6.07 Å². The van der Waals surface area contributed by atoms with E-state index in [0.717, 1.165) is 6.07 Å². The molecule has 0 saturated carbocycles. The maximum atomic E-state index is 12.1. The molecule has 0 unspecified atom stereocenters. The van der Waals surface area contributed by atoms with Crippen molar-refractivity contribution in [2.24, 2.45) is 0 Å². The Morgan fingerprint density at radius 2 is 1.44 bits per heavy atom. The number of Topliss-reactive ketones (excluding diaryl/α,β-unsaturated/α-hetero) is 2. The summed E-state index contributed by atoms with van der Waals surface area (Å²) in [5.41, 5.74) is -4.09. The van der Waals surface area contributed by atoms with Crippen LogP contribution >= 0.6 is 0 Å². The Hall–Kier alpha value is -2.03. The zero-order valence-corrected chi connectivity index (χ0v) is 14.4. The molecule has 0 aliphatic heterocycles. The summed E-state index contributed by atoms with van der Waals surface area (Å²) in [4.78, 5) is 62.9. The Morgan fingerprint density at radius 3 is 1.93 bits per heavy atom. The molecule has 1 aliphatic carbocycles. The molecule has 0 radical (unpaired) electrons. The van der Waals surface area contributed by atoms with Gasteiger partial charge in [0.25, 0.3) is 5.78 Å². The van der Waals surface area contributed by atoms with Crippen molar-refractivity contribution >= 4 is 29.5 Å². The van der Waals surface area contributed by atoms with Crippen LogP contribution in [0.15, 0.2) is 12.1 Å². The van der Waals surface area contributed by atoms with Crippen LogP contribution in [0.1, 0.15) is 52.2 Å². The molecule has 120 valence electrons. The van der Waals surface area contributed by atoms with Gasteiger partial charge in [0.2, 0.25) is 5.78 Å². The maximum Gasteiger partial charge on any atom is 1.00 e. The predicted molar refractivity (Wildman–Crippen MR) is 65.7 cm³/mol. The summed E-state index contributed by atoms with van der Waals surface area (Å²) < 4.78 is 0. The van der Waals surface area contributed by atoms with Crippen LogP contribution in [0, 0.1) is 0 Å². The number of nitrogens with zero attached hydrogens (tertiary/aromatic N) is 1. The number of fused-ring (bicyclic) bond motifs is 3. The summed E-state index contributed by atoms with van der Waals surface area (Å²) in [6.07, 6.45) is 0. The Kier molecular flexibility index (Phi) is 8.11.